The third kappa shape index (κ3) is 15.2. The summed E-state index contributed by atoms with van der Waals surface area (Å²) in [4.78, 5) is 4.54. The van der Waals surface area contributed by atoms with Crippen molar-refractivity contribution in [3.63, 3.8) is 0 Å². The highest BCUT2D eigenvalue weighted by molar-refractivity contribution is 5.85. The molecule has 0 aromatic heterocycles. The quantitative estimate of drug-likeness (QED) is 0.117. The Balaban J connectivity index is 1.53. The van der Waals surface area contributed by atoms with E-state index in [2.05, 4.69) is 43.1 Å². The lowest BCUT2D eigenvalue weighted by atomic mass is 10.0. The van der Waals surface area contributed by atoms with Crippen molar-refractivity contribution in [2.24, 2.45) is 4.99 Å². The maximum absolute atomic E-state index is 10.4. The number of unbranched alkanes of at least 4 members (excludes halogenated alkanes) is 16. The number of nitrogens with zero attached hydrogens (tertiary/aromatic N) is 1. The minimum Gasteiger partial charge on any atom is -0.507 e. The lowest BCUT2D eigenvalue weighted by Gasteiger charge is -2.08. The van der Waals surface area contributed by atoms with Crippen molar-refractivity contribution < 1.29 is 9.84 Å². The van der Waals surface area contributed by atoms with E-state index in [0.29, 0.717) is 12.2 Å². The number of aliphatic imine (C=N–C) groups is 1. The molecular formula is C35H55NO2. The van der Waals surface area contributed by atoms with Gasteiger partial charge in [-0.2, -0.15) is 0 Å². The zero-order valence-electron chi connectivity index (χ0n) is 24.6. The van der Waals surface area contributed by atoms with Crippen LogP contribution < -0.4 is 4.74 Å². The van der Waals surface area contributed by atoms with Crippen molar-refractivity contribution in [3.8, 4) is 11.5 Å². The molecule has 0 spiro atoms. The Bertz CT molecular complexity index is 859. The molecule has 0 saturated heterocycles. The fraction of sp³-hybridized carbons (Fsp3) is 0.629. The minimum absolute atomic E-state index is 0.208. The van der Waals surface area contributed by atoms with Gasteiger partial charge in [0.2, 0.25) is 0 Å². The third-order valence-corrected chi connectivity index (χ3v) is 7.38. The van der Waals surface area contributed by atoms with Crippen LogP contribution in [0.3, 0.4) is 0 Å². The smallest absolute Gasteiger partial charge is 0.128 e. The molecular weight excluding hydrogens is 466 g/mol. The summed E-state index contributed by atoms with van der Waals surface area (Å²) >= 11 is 0. The number of ether oxygens (including phenoxy) is 1. The number of aryl methyl sites for hydroxylation is 1. The molecule has 0 atom stereocenters. The van der Waals surface area contributed by atoms with Crippen LogP contribution in [-0.4, -0.2) is 17.9 Å². The third-order valence-electron chi connectivity index (χ3n) is 7.38. The van der Waals surface area contributed by atoms with Crippen LogP contribution in [0.4, 0.5) is 5.69 Å². The van der Waals surface area contributed by atoms with E-state index in [0.717, 1.165) is 24.3 Å². The molecule has 2 aromatic carbocycles. The molecule has 2 rings (SSSR count). The van der Waals surface area contributed by atoms with E-state index in [9.17, 15) is 5.11 Å². The average molecular weight is 522 g/mol. The Hall–Kier alpha value is -2.29. The number of hydrogen-bond donors (Lipinski definition) is 1. The van der Waals surface area contributed by atoms with Gasteiger partial charge in [0.05, 0.1) is 12.3 Å². The van der Waals surface area contributed by atoms with E-state index in [4.69, 9.17) is 4.74 Å². The first-order valence-corrected chi connectivity index (χ1v) is 15.8. The van der Waals surface area contributed by atoms with Crippen molar-refractivity contribution in [2.75, 3.05) is 6.61 Å². The van der Waals surface area contributed by atoms with Crippen LogP contribution in [0.15, 0.2) is 47.5 Å². The molecule has 0 heterocycles. The predicted molar refractivity (Wildman–Crippen MR) is 165 cm³/mol. The summed E-state index contributed by atoms with van der Waals surface area (Å²) in [5.41, 5.74) is 2.97. The van der Waals surface area contributed by atoms with Crippen LogP contribution in [0, 0.1) is 0 Å². The highest BCUT2D eigenvalue weighted by Gasteiger charge is 2.03. The minimum atomic E-state index is 0.208. The molecule has 0 bridgehead atoms. The number of phenols is 1. The molecule has 38 heavy (non-hydrogen) atoms. The van der Waals surface area contributed by atoms with Gasteiger partial charge in [-0.25, -0.2) is 0 Å². The van der Waals surface area contributed by atoms with Crippen LogP contribution in [0.1, 0.15) is 141 Å². The summed E-state index contributed by atoms with van der Waals surface area (Å²) < 4.78 is 5.87. The Kier molecular flexibility index (Phi) is 18.2. The van der Waals surface area contributed by atoms with Gasteiger partial charge in [-0.3, -0.25) is 4.99 Å². The van der Waals surface area contributed by atoms with Gasteiger partial charge in [0, 0.05) is 17.8 Å². The number of rotatable bonds is 23. The monoisotopic (exact) mass is 521 g/mol. The zero-order valence-corrected chi connectivity index (χ0v) is 24.6. The van der Waals surface area contributed by atoms with Gasteiger partial charge in [0.15, 0.2) is 0 Å². The average Bonchev–Trinajstić information content (AvgIpc) is 2.93. The molecule has 0 aliphatic heterocycles. The molecule has 3 nitrogen and oxygen atoms in total. The van der Waals surface area contributed by atoms with E-state index in [1.54, 1.807) is 12.3 Å². The summed E-state index contributed by atoms with van der Waals surface area (Å²) in [6, 6.07) is 13.9. The number of benzene rings is 2. The Morgan fingerprint density at radius 3 is 1.71 bits per heavy atom. The fourth-order valence-electron chi connectivity index (χ4n) is 4.86. The van der Waals surface area contributed by atoms with Gasteiger partial charge >= 0.3 is 0 Å². The molecule has 1 N–H and O–H groups in total. The lowest BCUT2D eigenvalue weighted by molar-refractivity contribution is 0.302. The normalized spacial score (nSPS) is 11.4. The van der Waals surface area contributed by atoms with E-state index in [1.165, 1.54) is 115 Å². The Morgan fingerprint density at radius 1 is 0.632 bits per heavy atom. The SMILES string of the molecule is CCCCCCCCCCCCCCCCOc1ccc(C=Nc2ccc(CCCCCC)cc2)c(O)c1. The van der Waals surface area contributed by atoms with Gasteiger partial charge in [0.25, 0.3) is 0 Å². The first-order chi connectivity index (χ1) is 18.7. The lowest BCUT2D eigenvalue weighted by Crippen LogP contribution is -1.97. The highest BCUT2D eigenvalue weighted by atomic mass is 16.5. The van der Waals surface area contributed by atoms with Gasteiger partial charge in [-0.15, -0.1) is 0 Å². The molecule has 212 valence electrons. The van der Waals surface area contributed by atoms with Crippen molar-refractivity contribution in [1.29, 1.82) is 0 Å². The zero-order chi connectivity index (χ0) is 27.1. The molecule has 3 heteroatoms. The molecule has 0 amide bonds. The number of hydrogen-bond acceptors (Lipinski definition) is 3. The van der Waals surface area contributed by atoms with Gasteiger partial charge in [-0.05, 0) is 49.1 Å². The van der Waals surface area contributed by atoms with Crippen molar-refractivity contribution in [1.82, 2.24) is 0 Å². The van der Waals surface area contributed by atoms with Crippen LogP contribution in [0.25, 0.3) is 0 Å². The van der Waals surface area contributed by atoms with E-state index in [-0.39, 0.29) is 5.75 Å². The maximum atomic E-state index is 10.4. The topological polar surface area (TPSA) is 41.8 Å². The van der Waals surface area contributed by atoms with E-state index >= 15 is 0 Å². The summed E-state index contributed by atoms with van der Waals surface area (Å²) in [6.45, 7) is 5.23. The first-order valence-electron chi connectivity index (χ1n) is 15.8. The molecule has 0 aliphatic carbocycles. The van der Waals surface area contributed by atoms with Crippen LogP contribution in [0.2, 0.25) is 0 Å². The second kappa shape index (κ2) is 21.6. The number of aromatic hydroxyl groups is 1. The van der Waals surface area contributed by atoms with Crippen molar-refractivity contribution in [3.05, 3.63) is 53.6 Å². The first kappa shape index (κ1) is 31.9. The Morgan fingerprint density at radius 2 is 1.16 bits per heavy atom. The molecule has 0 aliphatic rings. The van der Waals surface area contributed by atoms with Gasteiger partial charge < -0.3 is 9.84 Å². The molecule has 2 aromatic rings. The summed E-state index contributed by atoms with van der Waals surface area (Å²) in [5, 5.41) is 10.4. The summed E-state index contributed by atoms with van der Waals surface area (Å²) in [6.07, 6.45) is 27.0. The van der Waals surface area contributed by atoms with Crippen LogP contribution >= 0.6 is 0 Å². The molecule has 0 radical (unpaired) electrons. The van der Waals surface area contributed by atoms with Crippen LogP contribution in [0.5, 0.6) is 11.5 Å². The largest absolute Gasteiger partial charge is 0.507 e. The van der Waals surface area contributed by atoms with Crippen molar-refractivity contribution in [2.45, 2.75) is 136 Å². The molecule has 0 fully saturated rings. The van der Waals surface area contributed by atoms with Crippen LogP contribution in [-0.2, 0) is 6.42 Å². The van der Waals surface area contributed by atoms with E-state index in [1.807, 2.05) is 12.1 Å². The summed E-state index contributed by atoms with van der Waals surface area (Å²) in [5.74, 6) is 0.932. The van der Waals surface area contributed by atoms with Gasteiger partial charge in [-0.1, -0.05) is 129 Å². The van der Waals surface area contributed by atoms with Gasteiger partial charge in [0.1, 0.15) is 11.5 Å². The van der Waals surface area contributed by atoms with Crippen molar-refractivity contribution >= 4 is 11.9 Å². The second-order valence-corrected chi connectivity index (χ2v) is 10.9. The number of phenolic OH excluding ortho intramolecular Hbond substituents is 1. The standard InChI is InChI=1S/C35H55NO2/c1-3-5-7-9-10-11-12-13-14-15-16-17-18-20-28-38-34-27-24-32(35(37)29-34)30-36-33-25-22-31(23-26-33)21-19-8-6-4-2/h22-27,29-30,37H,3-21,28H2,1-2H3. The maximum Gasteiger partial charge on any atom is 0.128 e. The second-order valence-electron chi connectivity index (χ2n) is 10.9. The molecule has 0 unspecified atom stereocenters. The molecule has 0 saturated carbocycles. The fourth-order valence-corrected chi connectivity index (χ4v) is 4.86. The van der Waals surface area contributed by atoms with E-state index < -0.39 is 0 Å². The predicted octanol–water partition coefficient (Wildman–Crippen LogP) is 11.1. The Labute approximate surface area is 234 Å². The highest BCUT2D eigenvalue weighted by Crippen LogP contribution is 2.24. The summed E-state index contributed by atoms with van der Waals surface area (Å²) in [7, 11) is 0.